The molecule has 2 aliphatic heterocycles. The first kappa shape index (κ1) is 22.3. The molecular formula is C26H19Cl2NO5. The fourth-order valence-electron chi connectivity index (χ4n) is 4.20. The van der Waals surface area contributed by atoms with Crippen LogP contribution in [0.2, 0.25) is 10.0 Å². The van der Waals surface area contributed by atoms with Gasteiger partial charge < -0.3 is 19.5 Å². The zero-order valence-corrected chi connectivity index (χ0v) is 19.3. The van der Waals surface area contributed by atoms with Crippen molar-refractivity contribution in [2.45, 2.75) is 12.6 Å². The Bertz CT molecular complexity index is 1320. The maximum absolute atomic E-state index is 13.2. The fraction of sp³-hybridized carbons (Fsp3) is 0.154. The molecule has 1 amide bonds. The van der Waals surface area contributed by atoms with E-state index in [9.17, 15) is 14.7 Å². The lowest BCUT2D eigenvalue weighted by Gasteiger charge is -2.26. The first-order valence-corrected chi connectivity index (χ1v) is 11.4. The Labute approximate surface area is 205 Å². The van der Waals surface area contributed by atoms with Gasteiger partial charge in [0, 0.05) is 12.1 Å². The Balaban J connectivity index is 1.65. The highest BCUT2D eigenvalue weighted by atomic mass is 35.5. The van der Waals surface area contributed by atoms with Crippen molar-refractivity contribution in [3.63, 3.8) is 0 Å². The van der Waals surface area contributed by atoms with Crippen molar-refractivity contribution >= 4 is 40.7 Å². The summed E-state index contributed by atoms with van der Waals surface area (Å²) in [4.78, 5) is 27.8. The molecule has 2 aliphatic rings. The van der Waals surface area contributed by atoms with E-state index in [0.717, 1.165) is 5.56 Å². The van der Waals surface area contributed by atoms with Gasteiger partial charge in [0.25, 0.3) is 11.7 Å². The third-order valence-electron chi connectivity index (χ3n) is 5.81. The van der Waals surface area contributed by atoms with Gasteiger partial charge in [-0.3, -0.25) is 9.59 Å². The molecule has 1 saturated heterocycles. The lowest BCUT2D eigenvalue weighted by Crippen LogP contribution is -2.29. The summed E-state index contributed by atoms with van der Waals surface area (Å²) in [6, 6.07) is 18.3. The number of likely N-dealkylation sites (tertiary alicyclic amines) is 1. The van der Waals surface area contributed by atoms with Crippen molar-refractivity contribution in [1.29, 1.82) is 0 Å². The molecule has 0 spiro atoms. The van der Waals surface area contributed by atoms with E-state index in [1.54, 1.807) is 36.4 Å². The smallest absolute Gasteiger partial charge is 0.295 e. The summed E-state index contributed by atoms with van der Waals surface area (Å²) >= 11 is 12.4. The number of ether oxygens (including phenoxy) is 2. The fourth-order valence-corrected chi connectivity index (χ4v) is 4.50. The number of aliphatic hydroxyl groups is 1. The van der Waals surface area contributed by atoms with Gasteiger partial charge in [-0.1, -0.05) is 59.6 Å². The van der Waals surface area contributed by atoms with E-state index < -0.39 is 17.7 Å². The Morgan fingerprint density at radius 2 is 1.65 bits per heavy atom. The standard InChI is InChI=1S/C26H19Cl2NO5/c27-18-8-6-16(12-19(18)28)23-22(24(30)17-7-9-20-21(13-17)34-11-10-33-20)25(31)26(32)29(23)14-15-4-2-1-3-5-15/h1-9,12-13,23,30H,10-11,14H2/b24-22+/t23-/m1/s1. The number of nitrogens with zero attached hydrogens (tertiary/aromatic N) is 1. The first-order valence-electron chi connectivity index (χ1n) is 10.6. The number of aliphatic hydroxyl groups excluding tert-OH is 1. The van der Waals surface area contributed by atoms with Crippen molar-refractivity contribution in [3.8, 4) is 11.5 Å². The monoisotopic (exact) mass is 495 g/mol. The van der Waals surface area contributed by atoms with Crippen LogP contribution in [-0.2, 0) is 16.1 Å². The molecule has 1 N–H and O–H groups in total. The van der Waals surface area contributed by atoms with Crippen LogP contribution in [0, 0.1) is 0 Å². The third kappa shape index (κ3) is 4.00. The number of rotatable bonds is 4. The number of hydrogen-bond donors (Lipinski definition) is 1. The predicted molar refractivity (Wildman–Crippen MR) is 128 cm³/mol. The number of amides is 1. The topological polar surface area (TPSA) is 76.1 Å². The van der Waals surface area contributed by atoms with Gasteiger partial charge in [-0.25, -0.2) is 0 Å². The molecule has 6 nitrogen and oxygen atoms in total. The summed E-state index contributed by atoms with van der Waals surface area (Å²) in [5.41, 5.74) is 1.71. The zero-order valence-electron chi connectivity index (χ0n) is 17.8. The number of halogens is 2. The number of Topliss-reactive ketones (excluding diaryl/α,β-unsaturated/α-hetero) is 1. The Kier molecular flexibility index (Phi) is 5.94. The molecular weight excluding hydrogens is 477 g/mol. The molecule has 8 heteroatoms. The Morgan fingerprint density at radius 1 is 0.912 bits per heavy atom. The quantitative estimate of drug-likeness (QED) is 0.298. The molecule has 0 bridgehead atoms. The molecule has 1 fully saturated rings. The Hall–Kier alpha value is -3.48. The maximum Gasteiger partial charge on any atom is 0.295 e. The van der Waals surface area contributed by atoms with E-state index in [1.807, 2.05) is 30.3 Å². The summed E-state index contributed by atoms with van der Waals surface area (Å²) < 4.78 is 11.2. The van der Waals surface area contributed by atoms with E-state index in [2.05, 4.69) is 0 Å². The second-order valence-electron chi connectivity index (χ2n) is 7.94. The van der Waals surface area contributed by atoms with Gasteiger partial charge in [0.1, 0.15) is 19.0 Å². The van der Waals surface area contributed by atoms with Gasteiger partial charge in [0.05, 0.1) is 21.7 Å². The lowest BCUT2D eigenvalue weighted by atomic mass is 9.95. The van der Waals surface area contributed by atoms with E-state index in [0.29, 0.717) is 40.9 Å². The molecule has 0 radical (unpaired) electrons. The van der Waals surface area contributed by atoms with Crippen molar-refractivity contribution in [3.05, 3.63) is 99.0 Å². The van der Waals surface area contributed by atoms with Crippen LogP contribution in [0.4, 0.5) is 0 Å². The van der Waals surface area contributed by atoms with Gasteiger partial charge in [0.15, 0.2) is 11.5 Å². The minimum Gasteiger partial charge on any atom is -0.507 e. The van der Waals surface area contributed by atoms with Crippen LogP contribution in [0.1, 0.15) is 22.7 Å². The van der Waals surface area contributed by atoms with Crippen molar-refractivity contribution < 1.29 is 24.2 Å². The highest BCUT2D eigenvalue weighted by molar-refractivity contribution is 6.46. The highest BCUT2D eigenvalue weighted by Crippen LogP contribution is 2.42. The molecule has 0 aliphatic carbocycles. The largest absolute Gasteiger partial charge is 0.507 e. The van der Waals surface area contributed by atoms with Crippen LogP contribution in [-0.4, -0.2) is 34.9 Å². The molecule has 1 atom stereocenters. The molecule has 0 aromatic heterocycles. The average Bonchev–Trinajstić information content (AvgIpc) is 3.10. The van der Waals surface area contributed by atoms with Crippen molar-refractivity contribution in [2.75, 3.05) is 13.2 Å². The molecule has 3 aromatic carbocycles. The van der Waals surface area contributed by atoms with Crippen LogP contribution < -0.4 is 9.47 Å². The van der Waals surface area contributed by atoms with Crippen LogP contribution in [0.5, 0.6) is 11.5 Å². The molecule has 34 heavy (non-hydrogen) atoms. The number of carbonyl (C=O) groups excluding carboxylic acids is 2. The highest BCUT2D eigenvalue weighted by Gasteiger charge is 2.46. The lowest BCUT2D eigenvalue weighted by molar-refractivity contribution is -0.140. The SMILES string of the molecule is O=C1C(=O)N(Cc2ccccc2)[C@H](c2ccc(Cl)c(Cl)c2)/C1=C(\O)c1ccc2c(c1)OCCO2. The van der Waals surface area contributed by atoms with Gasteiger partial charge in [-0.15, -0.1) is 0 Å². The molecule has 0 unspecified atom stereocenters. The van der Waals surface area contributed by atoms with E-state index >= 15 is 0 Å². The Morgan fingerprint density at radius 3 is 2.38 bits per heavy atom. The number of hydrogen-bond acceptors (Lipinski definition) is 5. The van der Waals surface area contributed by atoms with Gasteiger partial charge in [0.2, 0.25) is 0 Å². The summed E-state index contributed by atoms with van der Waals surface area (Å²) in [6.07, 6.45) is 0. The normalized spacial score (nSPS) is 18.9. The third-order valence-corrected chi connectivity index (χ3v) is 6.55. The van der Waals surface area contributed by atoms with Crippen LogP contribution >= 0.6 is 23.2 Å². The second kappa shape index (κ2) is 9.05. The zero-order chi connectivity index (χ0) is 23.8. The van der Waals surface area contributed by atoms with Gasteiger partial charge in [-0.2, -0.15) is 0 Å². The van der Waals surface area contributed by atoms with E-state index in [-0.39, 0.29) is 22.9 Å². The second-order valence-corrected chi connectivity index (χ2v) is 8.76. The molecule has 2 heterocycles. The molecule has 0 saturated carbocycles. The van der Waals surface area contributed by atoms with Crippen LogP contribution in [0.3, 0.4) is 0 Å². The van der Waals surface area contributed by atoms with Crippen molar-refractivity contribution in [2.24, 2.45) is 0 Å². The number of benzene rings is 3. The number of carbonyl (C=O) groups is 2. The number of ketones is 1. The van der Waals surface area contributed by atoms with Crippen molar-refractivity contribution in [1.82, 2.24) is 4.90 Å². The van der Waals surface area contributed by atoms with Gasteiger partial charge >= 0.3 is 0 Å². The minimum atomic E-state index is -0.858. The maximum atomic E-state index is 13.2. The van der Waals surface area contributed by atoms with E-state index in [1.165, 1.54) is 4.90 Å². The van der Waals surface area contributed by atoms with Gasteiger partial charge in [-0.05, 0) is 41.5 Å². The van der Waals surface area contributed by atoms with Crippen LogP contribution in [0.25, 0.3) is 5.76 Å². The summed E-state index contributed by atoms with van der Waals surface area (Å²) in [7, 11) is 0. The first-order chi connectivity index (χ1) is 16.4. The molecule has 172 valence electrons. The van der Waals surface area contributed by atoms with E-state index in [4.69, 9.17) is 32.7 Å². The molecule has 3 aromatic rings. The van der Waals surface area contributed by atoms with Crippen LogP contribution in [0.15, 0.2) is 72.3 Å². The minimum absolute atomic E-state index is 0.0315. The summed E-state index contributed by atoms with van der Waals surface area (Å²) in [5.74, 6) is -0.784. The summed E-state index contributed by atoms with van der Waals surface area (Å²) in [5, 5.41) is 11.9. The summed E-state index contributed by atoms with van der Waals surface area (Å²) in [6.45, 7) is 0.983. The molecule has 5 rings (SSSR count). The average molecular weight is 496 g/mol. The number of fused-ring (bicyclic) bond motifs is 1. The predicted octanol–water partition coefficient (Wildman–Crippen LogP) is 5.39.